The molecule has 19 heavy (non-hydrogen) atoms. The second-order valence-electron chi connectivity index (χ2n) is 3.97. The van der Waals surface area contributed by atoms with Crippen LogP contribution < -0.4 is 0 Å². The van der Waals surface area contributed by atoms with Gasteiger partial charge in [0.25, 0.3) is 0 Å². The Hall–Kier alpha value is -1.11. The number of methoxy groups -OCH3 is 1. The fourth-order valence-electron chi connectivity index (χ4n) is 1.51. The predicted octanol–water partition coefficient (Wildman–Crippen LogP) is 1.95. The Morgan fingerprint density at radius 1 is 1.37 bits per heavy atom. The molecule has 0 saturated heterocycles. The van der Waals surface area contributed by atoms with Crippen molar-refractivity contribution < 1.29 is 19.0 Å². The summed E-state index contributed by atoms with van der Waals surface area (Å²) < 4.78 is 17.7. The van der Waals surface area contributed by atoms with Crippen LogP contribution in [0.25, 0.3) is 0 Å². The largest absolute Gasteiger partial charge is 0.480 e. The minimum absolute atomic E-state index is 0.00728. The second kappa shape index (κ2) is 8.90. The van der Waals surface area contributed by atoms with Crippen molar-refractivity contribution in [1.82, 2.24) is 4.90 Å². The first-order chi connectivity index (χ1) is 9.11. The number of halogens is 1. The minimum atomic E-state index is -0.845. The maximum atomic E-state index is 12.7. The van der Waals surface area contributed by atoms with Crippen LogP contribution in [-0.2, 0) is 9.53 Å². The number of aliphatic carboxylic acids is 1. The molecule has 1 N–H and O–H groups in total. The van der Waals surface area contributed by atoms with Crippen molar-refractivity contribution in [2.24, 2.45) is 0 Å². The highest BCUT2D eigenvalue weighted by molar-refractivity contribution is 7.99. The first-order valence-corrected chi connectivity index (χ1v) is 6.92. The zero-order chi connectivity index (χ0) is 14.1. The van der Waals surface area contributed by atoms with Crippen LogP contribution in [0.5, 0.6) is 0 Å². The lowest BCUT2D eigenvalue weighted by atomic mass is 10.4. The molecule has 0 aliphatic rings. The average molecular weight is 287 g/mol. The van der Waals surface area contributed by atoms with Crippen molar-refractivity contribution in [2.45, 2.75) is 4.90 Å². The van der Waals surface area contributed by atoms with Crippen LogP contribution in [0, 0.1) is 5.82 Å². The van der Waals surface area contributed by atoms with E-state index in [1.54, 1.807) is 31.0 Å². The number of hydrogen-bond acceptors (Lipinski definition) is 4. The Labute approximate surface area is 116 Å². The quantitative estimate of drug-likeness (QED) is 0.704. The zero-order valence-corrected chi connectivity index (χ0v) is 11.7. The number of hydrogen-bond donors (Lipinski definition) is 1. The highest BCUT2D eigenvalue weighted by Crippen LogP contribution is 2.17. The van der Waals surface area contributed by atoms with Crippen molar-refractivity contribution in [3.63, 3.8) is 0 Å². The van der Waals surface area contributed by atoms with Crippen molar-refractivity contribution >= 4 is 17.7 Å². The monoisotopic (exact) mass is 287 g/mol. The highest BCUT2D eigenvalue weighted by Gasteiger charge is 2.09. The van der Waals surface area contributed by atoms with Gasteiger partial charge >= 0.3 is 5.97 Å². The first kappa shape index (κ1) is 15.9. The van der Waals surface area contributed by atoms with Crippen LogP contribution in [0.1, 0.15) is 0 Å². The van der Waals surface area contributed by atoms with Gasteiger partial charge in [-0.3, -0.25) is 9.69 Å². The number of carboxylic acid groups (broad SMARTS) is 1. The van der Waals surface area contributed by atoms with Crippen molar-refractivity contribution in [3.8, 4) is 0 Å². The highest BCUT2D eigenvalue weighted by atomic mass is 32.2. The number of rotatable bonds is 9. The lowest BCUT2D eigenvalue weighted by molar-refractivity contribution is -0.138. The molecule has 1 aromatic carbocycles. The van der Waals surface area contributed by atoms with Crippen LogP contribution >= 0.6 is 11.8 Å². The molecule has 0 fully saturated rings. The third kappa shape index (κ3) is 7.15. The van der Waals surface area contributed by atoms with Crippen molar-refractivity contribution in [2.75, 3.05) is 39.1 Å². The Bertz CT molecular complexity index is 386. The summed E-state index contributed by atoms with van der Waals surface area (Å²) in [6.45, 7) is 1.76. The zero-order valence-electron chi connectivity index (χ0n) is 10.8. The SMILES string of the molecule is COCCN(CCSc1ccc(F)cc1)CC(=O)O. The molecule has 0 atom stereocenters. The molecule has 0 aliphatic carbocycles. The molecule has 0 aromatic heterocycles. The molecule has 0 amide bonds. The molecular weight excluding hydrogens is 269 g/mol. The lowest BCUT2D eigenvalue weighted by Crippen LogP contribution is -2.34. The molecule has 0 unspecified atom stereocenters. The molecule has 0 radical (unpaired) electrons. The van der Waals surface area contributed by atoms with E-state index < -0.39 is 5.97 Å². The number of thioether (sulfide) groups is 1. The van der Waals surface area contributed by atoms with E-state index in [4.69, 9.17) is 9.84 Å². The summed E-state index contributed by atoms with van der Waals surface area (Å²) in [5, 5.41) is 8.80. The molecule has 0 saturated carbocycles. The topological polar surface area (TPSA) is 49.8 Å². The van der Waals surface area contributed by atoms with Gasteiger partial charge in [0.1, 0.15) is 5.82 Å². The summed E-state index contributed by atoms with van der Waals surface area (Å²) >= 11 is 1.58. The fraction of sp³-hybridized carbons (Fsp3) is 0.462. The fourth-order valence-corrected chi connectivity index (χ4v) is 2.42. The number of benzene rings is 1. The standard InChI is InChI=1S/C13H18FNO3S/c1-18-8-6-15(10-13(16)17)7-9-19-12-4-2-11(14)3-5-12/h2-5H,6-10H2,1H3,(H,16,17). The maximum absolute atomic E-state index is 12.7. The predicted molar refractivity (Wildman–Crippen MR) is 73.1 cm³/mol. The van der Waals surface area contributed by atoms with Crippen LogP contribution in [0.4, 0.5) is 4.39 Å². The normalized spacial score (nSPS) is 10.9. The molecule has 106 valence electrons. The van der Waals surface area contributed by atoms with Crippen LogP contribution in [-0.4, -0.2) is 55.1 Å². The van der Waals surface area contributed by atoms with E-state index in [1.165, 1.54) is 12.1 Å². The third-order valence-corrected chi connectivity index (χ3v) is 3.45. The number of carbonyl (C=O) groups is 1. The van der Waals surface area contributed by atoms with Crippen LogP contribution in [0.15, 0.2) is 29.2 Å². The minimum Gasteiger partial charge on any atom is -0.480 e. The molecule has 4 nitrogen and oxygen atoms in total. The van der Waals surface area contributed by atoms with Gasteiger partial charge in [0.2, 0.25) is 0 Å². The maximum Gasteiger partial charge on any atom is 0.317 e. The van der Waals surface area contributed by atoms with E-state index in [1.807, 2.05) is 4.90 Å². The molecule has 0 spiro atoms. The van der Waals surface area contributed by atoms with Gasteiger partial charge in [-0.25, -0.2) is 4.39 Å². The van der Waals surface area contributed by atoms with E-state index >= 15 is 0 Å². The van der Waals surface area contributed by atoms with Gasteiger partial charge in [-0.15, -0.1) is 11.8 Å². The molecule has 0 bridgehead atoms. The van der Waals surface area contributed by atoms with Gasteiger partial charge in [0.15, 0.2) is 0 Å². The molecule has 1 aromatic rings. The Balaban J connectivity index is 2.34. The Kier molecular flexibility index (Phi) is 7.47. The summed E-state index contributed by atoms with van der Waals surface area (Å²) in [6.07, 6.45) is 0. The van der Waals surface area contributed by atoms with Gasteiger partial charge in [-0.05, 0) is 24.3 Å². The Morgan fingerprint density at radius 3 is 2.63 bits per heavy atom. The third-order valence-electron chi connectivity index (χ3n) is 2.46. The van der Waals surface area contributed by atoms with Gasteiger partial charge < -0.3 is 9.84 Å². The van der Waals surface area contributed by atoms with E-state index in [0.29, 0.717) is 19.7 Å². The number of carboxylic acids is 1. The average Bonchev–Trinajstić information content (AvgIpc) is 2.37. The van der Waals surface area contributed by atoms with Crippen LogP contribution in [0.3, 0.4) is 0 Å². The van der Waals surface area contributed by atoms with E-state index in [2.05, 4.69) is 0 Å². The van der Waals surface area contributed by atoms with Crippen molar-refractivity contribution in [1.29, 1.82) is 0 Å². The molecule has 6 heteroatoms. The molecular formula is C13H18FNO3S. The number of ether oxygens (including phenoxy) is 1. The molecule has 0 aliphatic heterocycles. The first-order valence-electron chi connectivity index (χ1n) is 5.93. The summed E-state index contributed by atoms with van der Waals surface area (Å²) in [4.78, 5) is 13.5. The van der Waals surface area contributed by atoms with Crippen molar-refractivity contribution in [3.05, 3.63) is 30.1 Å². The van der Waals surface area contributed by atoms with Gasteiger partial charge in [0.05, 0.1) is 13.2 Å². The van der Waals surface area contributed by atoms with E-state index in [9.17, 15) is 9.18 Å². The smallest absolute Gasteiger partial charge is 0.317 e. The van der Waals surface area contributed by atoms with E-state index in [0.717, 1.165) is 10.6 Å². The number of nitrogens with zero attached hydrogens (tertiary/aromatic N) is 1. The van der Waals surface area contributed by atoms with Gasteiger partial charge in [-0.2, -0.15) is 0 Å². The van der Waals surface area contributed by atoms with E-state index in [-0.39, 0.29) is 12.4 Å². The lowest BCUT2D eigenvalue weighted by Gasteiger charge is -2.19. The summed E-state index contributed by atoms with van der Waals surface area (Å²) in [6, 6.07) is 6.28. The van der Waals surface area contributed by atoms with Crippen LogP contribution in [0.2, 0.25) is 0 Å². The molecule has 0 heterocycles. The summed E-state index contributed by atoms with van der Waals surface area (Å²) in [5.74, 6) is -0.345. The van der Waals surface area contributed by atoms with Gasteiger partial charge in [0, 0.05) is 30.8 Å². The summed E-state index contributed by atoms with van der Waals surface area (Å²) in [7, 11) is 1.59. The van der Waals surface area contributed by atoms with Gasteiger partial charge in [-0.1, -0.05) is 0 Å². The Morgan fingerprint density at radius 2 is 2.05 bits per heavy atom. The summed E-state index contributed by atoms with van der Waals surface area (Å²) in [5.41, 5.74) is 0. The second-order valence-corrected chi connectivity index (χ2v) is 5.13. The molecule has 1 rings (SSSR count).